The van der Waals surface area contributed by atoms with Crippen molar-refractivity contribution in [3.05, 3.63) is 42.1 Å². The maximum atomic E-state index is 6.44. The molecule has 0 N–H and O–H groups in total. The van der Waals surface area contributed by atoms with Crippen molar-refractivity contribution in [2.45, 2.75) is 85.4 Å². The molecule has 0 saturated carbocycles. The third-order valence-electron chi connectivity index (χ3n) is 5.83. The van der Waals surface area contributed by atoms with Crippen LogP contribution in [0.1, 0.15) is 85.3 Å². The minimum absolute atomic E-state index is 0.266. The van der Waals surface area contributed by atoms with E-state index in [1.807, 2.05) is 6.07 Å². The van der Waals surface area contributed by atoms with Crippen LogP contribution in [0.25, 0.3) is 10.9 Å². The van der Waals surface area contributed by atoms with Gasteiger partial charge in [-0.2, -0.15) is 0 Å². The van der Waals surface area contributed by atoms with Crippen LogP contribution in [-0.4, -0.2) is 18.2 Å². The van der Waals surface area contributed by atoms with Crippen LogP contribution in [0.15, 0.2) is 36.4 Å². The van der Waals surface area contributed by atoms with Crippen LogP contribution >= 0.6 is 0 Å². The second kappa shape index (κ2) is 12.3. The first kappa shape index (κ1) is 23.8. The topological polar surface area (TPSA) is 31.4 Å². The Morgan fingerprint density at radius 1 is 0.828 bits per heavy atom. The van der Waals surface area contributed by atoms with E-state index < -0.39 is 5.79 Å². The number of ether oxygens (including phenoxy) is 2. The molecule has 0 bridgehead atoms. The van der Waals surface area contributed by atoms with E-state index in [2.05, 4.69) is 65.0 Å². The maximum Gasteiger partial charge on any atom is 0.215 e. The van der Waals surface area contributed by atoms with Crippen LogP contribution in [0.2, 0.25) is 0 Å². The number of aromatic nitrogens is 1. The Labute approximate surface area is 178 Å². The molecule has 0 radical (unpaired) electrons. The van der Waals surface area contributed by atoms with Gasteiger partial charge in [-0.3, -0.25) is 0 Å². The van der Waals surface area contributed by atoms with Crippen molar-refractivity contribution in [2.24, 2.45) is 11.8 Å². The normalized spacial score (nSPS) is 13.3. The monoisotopic (exact) mass is 399 g/mol. The average molecular weight is 400 g/mol. The van der Waals surface area contributed by atoms with E-state index in [0.29, 0.717) is 19.1 Å². The van der Waals surface area contributed by atoms with Crippen LogP contribution in [0.3, 0.4) is 0 Å². The zero-order valence-corrected chi connectivity index (χ0v) is 19.2. The largest absolute Gasteiger partial charge is 0.345 e. The summed E-state index contributed by atoms with van der Waals surface area (Å²) in [5, 5.41) is 1.15. The molecule has 1 aromatic heterocycles. The number of para-hydroxylation sites is 1. The number of pyridine rings is 1. The van der Waals surface area contributed by atoms with Crippen molar-refractivity contribution < 1.29 is 9.47 Å². The van der Waals surface area contributed by atoms with Gasteiger partial charge in [-0.1, -0.05) is 83.6 Å². The summed E-state index contributed by atoms with van der Waals surface area (Å²) in [5.41, 5.74) is 1.90. The van der Waals surface area contributed by atoms with E-state index in [0.717, 1.165) is 23.0 Å². The number of rotatable bonds is 14. The predicted octanol–water partition coefficient (Wildman–Crippen LogP) is 7.48. The second-order valence-electron chi connectivity index (χ2n) is 8.33. The molecule has 3 heteroatoms. The Balaban J connectivity index is 2.32. The number of hydrogen-bond donors (Lipinski definition) is 0. The fraction of sp³-hybridized carbons (Fsp3) is 0.654. The van der Waals surface area contributed by atoms with Crippen molar-refractivity contribution in [1.82, 2.24) is 4.98 Å². The lowest BCUT2D eigenvalue weighted by Gasteiger charge is -2.41. The Bertz CT molecular complexity index is 707. The molecule has 0 aliphatic carbocycles. The van der Waals surface area contributed by atoms with Gasteiger partial charge in [0.25, 0.3) is 0 Å². The Hall–Kier alpha value is -1.45. The van der Waals surface area contributed by atoms with Gasteiger partial charge in [0, 0.05) is 24.5 Å². The van der Waals surface area contributed by atoms with Gasteiger partial charge in [-0.15, -0.1) is 0 Å². The highest BCUT2D eigenvalue weighted by Crippen LogP contribution is 2.42. The molecule has 0 amide bonds. The van der Waals surface area contributed by atoms with Crippen molar-refractivity contribution in [3.8, 4) is 0 Å². The van der Waals surface area contributed by atoms with Gasteiger partial charge >= 0.3 is 0 Å². The van der Waals surface area contributed by atoms with Crippen molar-refractivity contribution in [2.75, 3.05) is 13.2 Å². The van der Waals surface area contributed by atoms with Crippen molar-refractivity contribution in [3.63, 3.8) is 0 Å². The van der Waals surface area contributed by atoms with Crippen LogP contribution < -0.4 is 0 Å². The summed E-state index contributed by atoms with van der Waals surface area (Å²) in [5.74, 6) is -0.0790. The smallest absolute Gasteiger partial charge is 0.215 e. The molecule has 162 valence electrons. The van der Waals surface area contributed by atoms with E-state index >= 15 is 0 Å². The molecule has 0 aliphatic heterocycles. The van der Waals surface area contributed by atoms with Gasteiger partial charge in [-0.05, 0) is 38.3 Å². The van der Waals surface area contributed by atoms with Crippen molar-refractivity contribution in [1.29, 1.82) is 0 Å². The van der Waals surface area contributed by atoms with Crippen LogP contribution in [0.4, 0.5) is 0 Å². The van der Waals surface area contributed by atoms with Gasteiger partial charge in [0.2, 0.25) is 5.79 Å². The van der Waals surface area contributed by atoms with Gasteiger partial charge < -0.3 is 9.47 Å². The Morgan fingerprint density at radius 2 is 1.48 bits per heavy atom. The standard InChI is InChI=1S/C26H41NO2/c1-6-9-10-11-12-13-17-23(21(4)5)26(28-7-2,29-8-3)25-20-19-22-16-14-15-18-24(22)27-25/h14-16,18-21,23H,6-13,17H2,1-5H3. The SMILES string of the molecule is CCCCCCCCC(C(C)C)C(OCC)(OCC)c1ccc2ccccc2n1. The quantitative estimate of drug-likeness (QED) is 0.244. The van der Waals surface area contributed by atoms with E-state index in [9.17, 15) is 0 Å². The summed E-state index contributed by atoms with van der Waals surface area (Å²) in [4.78, 5) is 5.01. The van der Waals surface area contributed by atoms with E-state index in [4.69, 9.17) is 14.5 Å². The number of hydrogen-bond acceptors (Lipinski definition) is 3. The summed E-state index contributed by atoms with van der Waals surface area (Å²) < 4.78 is 12.9. The summed E-state index contributed by atoms with van der Waals surface area (Å²) in [6, 6.07) is 12.5. The first-order valence-electron chi connectivity index (χ1n) is 11.7. The highest BCUT2D eigenvalue weighted by Gasteiger charge is 2.45. The minimum atomic E-state index is -0.787. The maximum absolute atomic E-state index is 6.44. The van der Waals surface area contributed by atoms with Gasteiger partial charge in [-0.25, -0.2) is 4.98 Å². The first-order valence-corrected chi connectivity index (χ1v) is 11.7. The third-order valence-corrected chi connectivity index (χ3v) is 5.83. The average Bonchev–Trinajstić information content (AvgIpc) is 2.72. The van der Waals surface area contributed by atoms with E-state index in [1.54, 1.807) is 0 Å². The zero-order valence-electron chi connectivity index (χ0n) is 19.2. The zero-order chi connectivity index (χ0) is 21.1. The van der Waals surface area contributed by atoms with E-state index in [-0.39, 0.29) is 5.92 Å². The highest BCUT2D eigenvalue weighted by atomic mass is 16.7. The molecule has 0 fully saturated rings. The number of fused-ring (bicyclic) bond motifs is 1. The fourth-order valence-corrected chi connectivity index (χ4v) is 4.39. The molecule has 3 nitrogen and oxygen atoms in total. The molecule has 1 unspecified atom stereocenters. The summed E-state index contributed by atoms with van der Waals surface area (Å²) in [7, 11) is 0. The first-order chi connectivity index (χ1) is 14.1. The molecule has 1 aromatic carbocycles. The summed E-state index contributed by atoms with van der Waals surface area (Å²) in [6.07, 6.45) is 8.89. The van der Waals surface area contributed by atoms with Gasteiger partial charge in [0.15, 0.2) is 0 Å². The Morgan fingerprint density at radius 3 is 2.14 bits per heavy atom. The molecule has 2 rings (SSSR count). The van der Waals surface area contributed by atoms with Gasteiger partial charge in [0.1, 0.15) is 5.69 Å². The van der Waals surface area contributed by atoms with Crippen LogP contribution in [-0.2, 0) is 15.3 Å². The van der Waals surface area contributed by atoms with E-state index in [1.165, 1.54) is 38.5 Å². The fourth-order valence-electron chi connectivity index (χ4n) is 4.39. The minimum Gasteiger partial charge on any atom is -0.345 e. The number of benzene rings is 1. The lowest BCUT2D eigenvalue weighted by atomic mass is 9.80. The van der Waals surface area contributed by atoms with Crippen LogP contribution in [0.5, 0.6) is 0 Å². The number of unbranched alkanes of at least 4 members (excludes halogenated alkanes) is 5. The van der Waals surface area contributed by atoms with Crippen LogP contribution in [0, 0.1) is 11.8 Å². The Kier molecular flexibility index (Phi) is 10.1. The molecular formula is C26H41NO2. The molecule has 0 aliphatic rings. The lowest BCUT2D eigenvalue weighted by molar-refractivity contribution is -0.285. The summed E-state index contributed by atoms with van der Waals surface area (Å²) >= 11 is 0. The molecule has 0 spiro atoms. The molecule has 0 saturated heterocycles. The number of nitrogens with zero attached hydrogens (tertiary/aromatic N) is 1. The lowest BCUT2D eigenvalue weighted by Crippen LogP contribution is -2.44. The molecule has 29 heavy (non-hydrogen) atoms. The third kappa shape index (κ3) is 6.26. The molecule has 2 aromatic rings. The summed E-state index contributed by atoms with van der Waals surface area (Å²) in [6.45, 7) is 12.2. The van der Waals surface area contributed by atoms with Gasteiger partial charge in [0.05, 0.1) is 5.52 Å². The molecular weight excluding hydrogens is 358 g/mol. The molecule has 1 atom stereocenters. The van der Waals surface area contributed by atoms with Crippen molar-refractivity contribution >= 4 is 10.9 Å². The predicted molar refractivity (Wildman–Crippen MR) is 123 cm³/mol. The highest BCUT2D eigenvalue weighted by molar-refractivity contribution is 5.78. The second-order valence-corrected chi connectivity index (χ2v) is 8.33. The molecule has 1 heterocycles.